The smallest absolute Gasteiger partial charge is 0.226 e. The molecule has 0 atom stereocenters. The number of carbonyl (C=O) groups excluding carboxylic acids is 1. The van der Waals surface area contributed by atoms with Gasteiger partial charge in [-0.1, -0.05) is 42.4 Å². The first kappa shape index (κ1) is 18.9. The van der Waals surface area contributed by atoms with Gasteiger partial charge in [0.25, 0.3) is 0 Å². The van der Waals surface area contributed by atoms with Crippen LogP contribution in [0.4, 0.5) is 0 Å². The number of aromatic nitrogens is 2. The zero-order chi connectivity index (χ0) is 18.4. The van der Waals surface area contributed by atoms with Crippen LogP contribution in [0.15, 0.2) is 28.8 Å². The molecule has 0 unspecified atom stereocenters. The van der Waals surface area contributed by atoms with Crippen LogP contribution in [-0.4, -0.2) is 34.0 Å². The van der Waals surface area contributed by atoms with Gasteiger partial charge in [-0.05, 0) is 43.5 Å². The summed E-state index contributed by atoms with van der Waals surface area (Å²) >= 11 is 5.89. The summed E-state index contributed by atoms with van der Waals surface area (Å²) in [6.45, 7) is 0. The Hall–Kier alpha value is -1.88. The fraction of sp³-hybridized carbons (Fsp3) is 0.550. The number of carbonyl (C=O) groups is 1. The molecular formula is C20H26ClN3O2. The lowest BCUT2D eigenvalue weighted by molar-refractivity contribution is -0.132. The molecule has 1 aliphatic carbocycles. The monoisotopic (exact) mass is 375 g/mol. The molecule has 5 nitrogen and oxygen atoms in total. The van der Waals surface area contributed by atoms with E-state index in [0.717, 1.165) is 24.8 Å². The number of rotatable bonds is 6. The molecule has 2 aromatic rings. The highest BCUT2D eigenvalue weighted by Gasteiger charge is 2.21. The van der Waals surface area contributed by atoms with Crippen molar-refractivity contribution in [2.45, 2.75) is 63.8 Å². The SMILES string of the molecule is CN(C(=O)CCCc1nc(-c2ccc(Cl)cc2)no1)C1CCCCCC1. The maximum absolute atomic E-state index is 12.5. The minimum Gasteiger partial charge on any atom is -0.343 e. The molecular weight excluding hydrogens is 350 g/mol. The third kappa shape index (κ3) is 5.07. The van der Waals surface area contributed by atoms with Gasteiger partial charge in [-0.25, -0.2) is 0 Å². The third-order valence-corrected chi connectivity index (χ3v) is 5.37. The van der Waals surface area contributed by atoms with E-state index >= 15 is 0 Å². The average molecular weight is 376 g/mol. The Balaban J connectivity index is 1.47. The van der Waals surface area contributed by atoms with Crippen molar-refractivity contribution in [3.63, 3.8) is 0 Å². The Labute approximate surface area is 159 Å². The largest absolute Gasteiger partial charge is 0.343 e. The van der Waals surface area contributed by atoms with Gasteiger partial charge in [0.2, 0.25) is 17.6 Å². The van der Waals surface area contributed by atoms with Gasteiger partial charge in [-0.3, -0.25) is 4.79 Å². The van der Waals surface area contributed by atoms with E-state index in [2.05, 4.69) is 10.1 Å². The maximum atomic E-state index is 12.5. The molecule has 3 rings (SSSR count). The second-order valence-electron chi connectivity index (χ2n) is 7.02. The van der Waals surface area contributed by atoms with Crippen molar-refractivity contribution in [1.82, 2.24) is 15.0 Å². The average Bonchev–Trinajstić information content (AvgIpc) is 2.95. The minimum absolute atomic E-state index is 0.217. The number of hydrogen-bond acceptors (Lipinski definition) is 4. The third-order valence-electron chi connectivity index (χ3n) is 5.12. The lowest BCUT2D eigenvalue weighted by atomic mass is 10.1. The summed E-state index contributed by atoms with van der Waals surface area (Å²) in [5, 5.41) is 4.68. The van der Waals surface area contributed by atoms with Crippen molar-refractivity contribution in [2.24, 2.45) is 0 Å². The van der Waals surface area contributed by atoms with Gasteiger partial charge in [0.15, 0.2) is 0 Å². The van der Waals surface area contributed by atoms with E-state index in [9.17, 15) is 4.79 Å². The standard InChI is InChI=1S/C20H26ClN3O2/c1-24(17-7-4-2-3-5-8-17)19(25)10-6-9-18-22-20(23-26-18)15-11-13-16(21)14-12-15/h11-14,17H,2-10H2,1H3. The summed E-state index contributed by atoms with van der Waals surface area (Å²) in [6, 6.07) is 7.73. The molecule has 0 N–H and O–H groups in total. The van der Waals surface area contributed by atoms with Crippen LogP contribution < -0.4 is 0 Å². The van der Waals surface area contributed by atoms with Gasteiger partial charge in [0, 0.05) is 36.5 Å². The fourth-order valence-electron chi connectivity index (χ4n) is 3.49. The maximum Gasteiger partial charge on any atom is 0.226 e. The number of aryl methyl sites for hydroxylation is 1. The predicted molar refractivity (Wildman–Crippen MR) is 102 cm³/mol. The topological polar surface area (TPSA) is 59.2 Å². The zero-order valence-corrected chi connectivity index (χ0v) is 16.0. The zero-order valence-electron chi connectivity index (χ0n) is 15.3. The van der Waals surface area contributed by atoms with E-state index < -0.39 is 0 Å². The summed E-state index contributed by atoms with van der Waals surface area (Å²) in [5.74, 6) is 1.34. The molecule has 1 aromatic heterocycles. The van der Waals surface area contributed by atoms with Crippen molar-refractivity contribution in [3.05, 3.63) is 35.2 Å². The van der Waals surface area contributed by atoms with E-state index in [0.29, 0.717) is 35.6 Å². The number of nitrogens with zero attached hydrogens (tertiary/aromatic N) is 3. The second-order valence-corrected chi connectivity index (χ2v) is 7.46. The number of amides is 1. The van der Waals surface area contributed by atoms with Crippen LogP contribution in [0.25, 0.3) is 11.4 Å². The molecule has 6 heteroatoms. The van der Waals surface area contributed by atoms with E-state index in [1.165, 1.54) is 25.7 Å². The Morgan fingerprint density at radius 2 is 1.88 bits per heavy atom. The van der Waals surface area contributed by atoms with Crippen LogP contribution in [-0.2, 0) is 11.2 Å². The molecule has 0 saturated heterocycles. The Morgan fingerprint density at radius 1 is 1.19 bits per heavy atom. The molecule has 0 bridgehead atoms. The first-order valence-corrected chi connectivity index (χ1v) is 9.85. The Kier molecular flexibility index (Phi) is 6.67. The highest BCUT2D eigenvalue weighted by Crippen LogP contribution is 2.22. The van der Waals surface area contributed by atoms with Crippen LogP contribution in [0.1, 0.15) is 57.3 Å². The van der Waals surface area contributed by atoms with Crippen LogP contribution >= 0.6 is 11.6 Å². The first-order valence-electron chi connectivity index (χ1n) is 9.47. The summed E-state index contributed by atoms with van der Waals surface area (Å²) in [6.07, 6.45) is 9.19. The lowest BCUT2D eigenvalue weighted by Crippen LogP contribution is -2.36. The van der Waals surface area contributed by atoms with Crippen LogP contribution in [0.5, 0.6) is 0 Å². The molecule has 1 aliphatic rings. The molecule has 1 aromatic carbocycles. The van der Waals surface area contributed by atoms with Gasteiger partial charge in [0.05, 0.1) is 0 Å². The normalized spacial score (nSPS) is 15.6. The molecule has 0 aliphatic heterocycles. The van der Waals surface area contributed by atoms with E-state index in [-0.39, 0.29) is 5.91 Å². The van der Waals surface area contributed by atoms with E-state index in [1.54, 1.807) is 12.1 Å². The molecule has 1 heterocycles. The summed E-state index contributed by atoms with van der Waals surface area (Å²) in [4.78, 5) is 18.8. The molecule has 26 heavy (non-hydrogen) atoms. The summed E-state index contributed by atoms with van der Waals surface area (Å²) in [7, 11) is 1.95. The predicted octanol–water partition coefficient (Wildman–Crippen LogP) is 4.89. The molecule has 1 amide bonds. The fourth-order valence-corrected chi connectivity index (χ4v) is 3.61. The van der Waals surface area contributed by atoms with E-state index in [1.807, 2.05) is 24.1 Å². The van der Waals surface area contributed by atoms with Crippen molar-refractivity contribution < 1.29 is 9.32 Å². The van der Waals surface area contributed by atoms with Crippen molar-refractivity contribution in [3.8, 4) is 11.4 Å². The second kappa shape index (κ2) is 9.17. The van der Waals surface area contributed by atoms with E-state index in [4.69, 9.17) is 16.1 Å². The summed E-state index contributed by atoms with van der Waals surface area (Å²) < 4.78 is 5.31. The molecule has 0 radical (unpaired) electrons. The molecule has 1 fully saturated rings. The molecule has 1 saturated carbocycles. The summed E-state index contributed by atoms with van der Waals surface area (Å²) in [5.41, 5.74) is 0.869. The minimum atomic E-state index is 0.217. The van der Waals surface area contributed by atoms with Crippen molar-refractivity contribution in [1.29, 1.82) is 0 Å². The quantitative estimate of drug-likeness (QED) is 0.674. The Bertz CT molecular complexity index is 706. The van der Waals surface area contributed by atoms with Crippen molar-refractivity contribution in [2.75, 3.05) is 7.05 Å². The van der Waals surface area contributed by atoms with Gasteiger partial charge >= 0.3 is 0 Å². The highest BCUT2D eigenvalue weighted by atomic mass is 35.5. The first-order chi connectivity index (χ1) is 12.6. The van der Waals surface area contributed by atoms with Crippen molar-refractivity contribution >= 4 is 17.5 Å². The van der Waals surface area contributed by atoms with Gasteiger partial charge in [-0.2, -0.15) is 4.98 Å². The number of halogens is 1. The molecule has 140 valence electrons. The van der Waals surface area contributed by atoms with Gasteiger partial charge in [-0.15, -0.1) is 0 Å². The number of benzene rings is 1. The van der Waals surface area contributed by atoms with Gasteiger partial charge < -0.3 is 9.42 Å². The van der Waals surface area contributed by atoms with Crippen LogP contribution in [0.2, 0.25) is 5.02 Å². The molecule has 0 spiro atoms. The van der Waals surface area contributed by atoms with Crippen LogP contribution in [0, 0.1) is 0 Å². The van der Waals surface area contributed by atoms with Gasteiger partial charge in [0.1, 0.15) is 0 Å². The Morgan fingerprint density at radius 3 is 2.58 bits per heavy atom. The highest BCUT2D eigenvalue weighted by molar-refractivity contribution is 6.30. The lowest BCUT2D eigenvalue weighted by Gasteiger charge is -2.27. The van der Waals surface area contributed by atoms with Crippen LogP contribution in [0.3, 0.4) is 0 Å². The number of hydrogen-bond donors (Lipinski definition) is 0.